The second-order valence-corrected chi connectivity index (χ2v) is 7.13. The topological polar surface area (TPSA) is 58.4 Å². The molecular weight excluding hydrogens is 238 g/mol. The van der Waals surface area contributed by atoms with Crippen molar-refractivity contribution in [3.63, 3.8) is 0 Å². The molecule has 0 radical (unpaired) electrons. The minimum absolute atomic E-state index is 0.101. The van der Waals surface area contributed by atoms with E-state index in [9.17, 15) is 4.79 Å². The quantitative estimate of drug-likeness (QED) is 0.740. The predicted octanol–water partition coefficient (Wildman–Crippen LogP) is 1.74. The van der Waals surface area contributed by atoms with Gasteiger partial charge in [-0.05, 0) is 53.4 Å². The Morgan fingerprint density at radius 2 is 1.95 bits per heavy atom. The van der Waals surface area contributed by atoms with Crippen molar-refractivity contribution in [3.8, 4) is 0 Å². The third-order valence-corrected chi connectivity index (χ3v) is 3.51. The molecule has 0 aromatic carbocycles. The van der Waals surface area contributed by atoms with Crippen LogP contribution in [0.4, 0.5) is 0 Å². The molecule has 0 aliphatic heterocycles. The Balaban J connectivity index is 2.55. The Labute approximate surface area is 118 Å². The van der Waals surface area contributed by atoms with Crippen molar-refractivity contribution in [2.45, 2.75) is 71.5 Å². The van der Waals surface area contributed by atoms with E-state index in [2.05, 4.69) is 24.1 Å². The number of hydrogen-bond acceptors (Lipinski definition) is 3. The van der Waals surface area contributed by atoms with E-state index in [1.165, 1.54) is 12.8 Å². The van der Waals surface area contributed by atoms with E-state index in [4.69, 9.17) is 5.73 Å². The third-order valence-electron chi connectivity index (χ3n) is 3.51. The van der Waals surface area contributed by atoms with Crippen molar-refractivity contribution in [2.75, 3.05) is 13.1 Å². The second kappa shape index (κ2) is 6.71. The highest BCUT2D eigenvalue weighted by atomic mass is 16.1. The fraction of sp³-hybridized carbons (Fsp3) is 0.933. The maximum atomic E-state index is 12.1. The molecule has 1 saturated carbocycles. The number of nitrogens with one attached hydrogen (secondary N) is 1. The first-order chi connectivity index (χ1) is 8.73. The molecule has 1 amide bonds. The van der Waals surface area contributed by atoms with Gasteiger partial charge in [0, 0.05) is 37.1 Å². The first-order valence-corrected chi connectivity index (χ1v) is 7.49. The van der Waals surface area contributed by atoms with Crippen LogP contribution in [0.5, 0.6) is 0 Å². The van der Waals surface area contributed by atoms with Crippen molar-refractivity contribution in [3.05, 3.63) is 0 Å². The normalized spacial score (nSPS) is 17.9. The average molecular weight is 269 g/mol. The number of carbonyl (C=O) groups excluding carboxylic acids is 1. The summed E-state index contributed by atoms with van der Waals surface area (Å²) in [7, 11) is 0. The van der Waals surface area contributed by atoms with E-state index >= 15 is 0 Å². The highest BCUT2D eigenvalue weighted by Gasteiger charge is 2.30. The number of amides is 1. The Morgan fingerprint density at radius 1 is 1.37 bits per heavy atom. The molecule has 3 N–H and O–H groups in total. The molecule has 1 aliphatic rings. The first kappa shape index (κ1) is 16.4. The van der Waals surface area contributed by atoms with Crippen molar-refractivity contribution < 1.29 is 4.79 Å². The maximum Gasteiger partial charge on any atom is 0.222 e. The minimum Gasteiger partial charge on any atom is -0.351 e. The Hall–Kier alpha value is -0.610. The van der Waals surface area contributed by atoms with Gasteiger partial charge in [-0.3, -0.25) is 9.69 Å². The van der Waals surface area contributed by atoms with Crippen molar-refractivity contribution in [1.82, 2.24) is 10.2 Å². The molecule has 112 valence electrons. The molecule has 1 aliphatic carbocycles. The van der Waals surface area contributed by atoms with E-state index in [0.29, 0.717) is 19.0 Å². The van der Waals surface area contributed by atoms with Crippen LogP contribution in [0, 0.1) is 5.92 Å². The van der Waals surface area contributed by atoms with Crippen LogP contribution in [0.2, 0.25) is 0 Å². The summed E-state index contributed by atoms with van der Waals surface area (Å²) in [6.07, 6.45) is 3.15. The fourth-order valence-electron chi connectivity index (χ4n) is 2.40. The van der Waals surface area contributed by atoms with E-state index in [1.54, 1.807) is 0 Å². The molecule has 4 heteroatoms. The molecular formula is C15H31N3O. The molecule has 0 bridgehead atoms. The minimum atomic E-state index is -0.171. The summed E-state index contributed by atoms with van der Waals surface area (Å²) in [5.74, 6) is 0.923. The highest BCUT2D eigenvalue weighted by molar-refractivity contribution is 5.77. The Morgan fingerprint density at radius 3 is 2.32 bits per heavy atom. The lowest BCUT2D eigenvalue weighted by atomic mass is 10.1. The predicted molar refractivity (Wildman–Crippen MR) is 79.9 cm³/mol. The van der Waals surface area contributed by atoms with Crippen LogP contribution in [0.1, 0.15) is 53.9 Å². The van der Waals surface area contributed by atoms with Crippen LogP contribution < -0.4 is 11.1 Å². The monoisotopic (exact) mass is 269 g/mol. The van der Waals surface area contributed by atoms with Crippen LogP contribution in [0.3, 0.4) is 0 Å². The van der Waals surface area contributed by atoms with Crippen molar-refractivity contribution >= 4 is 5.91 Å². The lowest BCUT2D eigenvalue weighted by Gasteiger charge is -2.34. The molecule has 1 unspecified atom stereocenters. The van der Waals surface area contributed by atoms with Gasteiger partial charge in [0.15, 0.2) is 0 Å². The van der Waals surface area contributed by atoms with Gasteiger partial charge in [-0.2, -0.15) is 0 Å². The summed E-state index contributed by atoms with van der Waals surface area (Å²) in [5.41, 5.74) is 5.73. The third kappa shape index (κ3) is 6.39. The lowest BCUT2D eigenvalue weighted by Crippen LogP contribution is -2.50. The van der Waals surface area contributed by atoms with E-state index < -0.39 is 0 Å². The zero-order valence-electron chi connectivity index (χ0n) is 13.2. The van der Waals surface area contributed by atoms with Gasteiger partial charge >= 0.3 is 0 Å². The fourth-order valence-corrected chi connectivity index (χ4v) is 2.40. The number of hydrogen-bond donors (Lipinski definition) is 2. The Kier molecular flexibility index (Phi) is 5.81. The largest absolute Gasteiger partial charge is 0.351 e. The SMILES string of the molecule is CC(C)N(CC1CC1)C(CN)CC(=O)NC(C)(C)C. The number of carbonyl (C=O) groups is 1. The summed E-state index contributed by atoms with van der Waals surface area (Å²) in [5, 5.41) is 3.03. The molecule has 0 spiro atoms. The van der Waals surface area contributed by atoms with E-state index in [0.717, 1.165) is 12.5 Å². The second-order valence-electron chi connectivity index (χ2n) is 7.13. The van der Waals surface area contributed by atoms with Gasteiger partial charge in [-0.15, -0.1) is 0 Å². The van der Waals surface area contributed by atoms with Crippen LogP contribution in [0.15, 0.2) is 0 Å². The maximum absolute atomic E-state index is 12.1. The summed E-state index contributed by atoms with van der Waals surface area (Å²) in [6, 6.07) is 0.597. The average Bonchev–Trinajstić information content (AvgIpc) is 3.03. The zero-order valence-corrected chi connectivity index (χ0v) is 13.2. The number of nitrogens with zero attached hydrogens (tertiary/aromatic N) is 1. The molecule has 4 nitrogen and oxygen atoms in total. The summed E-state index contributed by atoms with van der Waals surface area (Å²) in [4.78, 5) is 14.5. The molecule has 0 saturated heterocycles. The van der Waals surface area contributed by atoms with Gasteiger partial charge in [0.05, 0.1) is 0 Å². The molecule has 19 heavy (non-hydrogen) atoms. The zero-order chi connectivity index (χ0) is 14.6. The van der Waals surface area contributed by atoms with Crippen LogP contribution >= 0.6 is 0 Å². The molecule has 0 aromatic rings. The Bertz CT molecular complexity index is 292. The van der Waals surface area contributed by atoms with E-state index in [1.807, 2.05) is 20.8 Å². The first-order valence-electron chi connectivity index (χ1n) is 7.49. The molecule has 1 atom stereocenters. The smallest absolute Gasteiger partial charge is 0.222 e. The van der Waals surface area contributed by atoms with Crippen LogP contribution in [0.25, 0.3) is 0 Å². The van der Waals surface area contributed by atoms with Gasteiger partial charge in [-0.1, -0.05) is 0 Å². The number of nitrogens with two attached hydrogens (primary N) is 1. The summed E-state index contributed by atoms with van der Waals surface area (Å²) >= 11 is 0. The molecule has 1 fully saturated rings. The van der Waals surface area contributed by atoms with Crippen LogP contribution in [-0.2, 0) is 4.79 Å². The summed E-state index contributed by atoms with van der Waals surface area (Å²) in [6.45, 7) is 12.0. The highest BCUT2D eigenvalue weighted by Crippen LogP contribution is 2.31. The molecule has 0 heterocycles. The van der Waals surface area contributed by atoms with Crippen molar-refractivity contribution in [1.29, 1.82) is 0 Å². The van der Waals surface area contributed by atoms with Gasteiger partial charge in [0.2, 0.25) is 5.91 Å². The number of rotatable bonds is 7. The molecule has 0 aromatic heterocycles. The van der Waals surface area contributed by atoms with Gasteiger partial charge in [0.1, 0.15) is 0 Å². The van der Waals surface area contributed by atoms with Gasteiger partial charge in [0.25, 0.3) is 0 Å². The molecule has 1 rings (SSSR count). The standard InChI is InChI=1S/C15H31N3O/c1-11(2)18(10-12-6-7-12)13(9-16)8-14(19)17-15(3,4)5/h11-13H,6-10,16H2,1-5H3,(H,17,19). The van der Waals surface area contributed by atoms with Crippen molar-refractivity contribution in [2.24, 2.45) is 11.7 Å². The van der Waals surface area contributed by atoms with E-state index in [-0.39, 0.29) is 17.5 Å². The van der Waals surface area contributed by atoms with Gasteiger partial charge in [-0.25, -0.2) is 0 Å². The summed E-state index contributed by atoms with van der Waals surface area (Å²) < 4.78 is 0. The van der Waals surface area contributed by atoms with Crippen LogP contribution in [-0.4, -0.2) is 41.5 Å². The van der Waals surface area contributed by atoms with Gasteiger partial charge < -0.3 is 11.1 Å². The lowest BCUT2D eigenvalue weighted by molar-refractivity contribution is -0.123.